The first kappa shape index (κ1) is 18.3. The number of Topliss-reactive ketones (excluding diaryl/α,β-unsaturated/α-hetero) is 1. The predicted octanol–water partition coefficient (Wildman–Crippen LogP) is 3.49. The van der Waals surface area contributed by atoms with Gasteiger partial charge in [0, 0.05) is 0 Å². The Morgan fingerprint density at radius 1 is 0.962 bits per heavy atom. The number of carbonyl (C=O) groups excluding carboxylic acids is 2. The number of esters is 1. The molecule has 0 unspecified atom stereocenters. The number of ether oxygens (including phenoxy) is 1. The van der Waals surface area contributed by atoms with Gasteiger partial charge in [-0.25, -0.2) is 8.42 Å². The molecule has 3 rings (SSSR count). The third kappa shape index (κ3) is 4.36. The molecule has 3 aromatic rings. The van der Waals surface area contributed by atoms with Crippen LogP contribution in [0.25, 0.3) is 10.8 Å². The molecule has 0 aliphatic carbocycles. The molecule has 7 heteroatoms. The number of sulfone groups is 1. The van der Waals surface area contributed by atoms with E-state index in [9.17, 15) is 18.0 Å². The van der Waals surface area contributed by atoms with Gasteiger partial charge in [0.15, 0.2) is 16.4 Å². The van der Waals surface area contributed by atoms with Crippen LogP contribution in [-0.4, -0.2) is 32.5 Å². The number of carbonyl (C=O) groups is 2. The highest BCUT2D eigenvalue weighted by molar-refractivity contribution is 7.91. The zero-order valence-electron chi connectivity index (χ0n) is 13.8. The van der Waals surface area contributed by atoms with Crippen molar-refractivity contribution < 1.29 is 22.7 Å². The summed E-state index contributed by atoms with van der Waals surface area (Å²) < 4.78 is 29.7. The van der Waals surface area contributed by atoms with Crippen molar-refractivity contribution in [3.63, 3.8) is 0 Å². The molecule has 134 valence electrons. The lowest BCUT2D eigenvalue weighted by atomic mass is 10.1. The normalized spacial score (nSPS) is 11.4. The molecule has 0 radical (unpaired) electrons. The molecule has 5 nitrogen and oxygen atoms in total. The summed E-state index contributed by atoms with van der Waals surface area (Å²) >= 11 is 1.26. The molecular weight excluding hydrogens is 372 g/mol. The van der Waals surface area contributed by atoms with Gasteiger partial charge in [0.05, 0.1) is 21.9 Å². The van der Waals surface area contributed by atoms with Gasteiger partial charge in [-0.3, -0.25) is 9.59 Å². The smallest absolute Gasteiger partial charge is 0.307 e. The van der Waals surface area contributed by atoms with E-state index in [1.165, 1.54) is 17.4 Å². The Labute approximate surface area is 155 Å². The van der Waals surface area contributed by atoms with Crippen LogP contribution in [0.3, 0.4) is 0 Å². The minimum Gasteiger partial charge on any atom is -0.457 e. The first-order valence-electron chi connectivity index (χ1n) is 7.89. The van der Waals surface area contributed by atoms with E-state index in [0.717, 1.165) is 10.8 Å². The highest BCUT2D eigenvalue weighted by Gasteiger charge is 2.18. The van der Waals surface area contributed by atoms with E-state index in [-0.39, 0.29) is 29.5 Å². The lowest BCUT2D eigenvalue weighted by Crippen LogP contribution is -2.17. The van der Waals surface area contributed by atoms with Crippen LogP contribution in [0.1, 0.15) is 16.1 Å². The van der Waals surface area contributed by atoms with Gasteiger partial charge >= 0.3 is 5.97 Å². The molecule has 0 aliphatic rings. The number of ketones is 1. The predicted molar refractivity (Wildman–Crippen MR) is 100 cm³/mol. The van der Waals surface area contributed by atoms with E-state index >= 15 is 0 Å². The molecule has 0 spiro atoms. The molecule has 0 amide bonds. The van der Waals surface area contributed by atoms with Crippen molar-refractivity contribution in [1.29, 1.82) is 0 Å². The molecule has 0 bridgehead atoms. The van der Waals surface area contributed by atoms with Crippen LogP contribution in [0.5, 0.6) is 0 Å². The van der Waals surface area contributed by atoms with Crippen molar-refractivity contribution in [3.05, 3.63) is 64.9 Å². The Morgan fingerprint density at radius 3 is 2.46 bits per heavy atom. The monoisotopic (exact) mass is 388 g/mol. The maximum absolute atomic E-state index is 12.4. The first-order chi connectivity index (χ1) is 12.5. The van der Waals surface area contributed by atoms with Crippen molar-refractivity contribution in [1.82, 2.24) is 0 Å². The number of benzene rings is 2. The zero-order valence-corrected chi connectivity index (χ0v) is 15.4. The van der Waals surface area contributed by atoms with E-state index in [4.69, 9.17) is 4.74 Å². The van der Waals surface area contributed by atoms with Crippen LogP contribution in [-0.2, 0) is 19.4 Å². The Balaban J connectivity index is 1.58. The molecule has 26 heavy (non-hydrogen) atoms. The summed E-state index contributed by atoms with van der Waals surface area (Å²) in [6.07, 6.45) is -0.299. The lowest BCUT2D eigenvalue weighted by Gasteiger charge is -2.06. The second kappa shape index (κ2) is 7.80. The molecular formula is C19H16O5S2. The summed E-state index contributed by atoms with van der Waals surface area (Å²) in [5, 5.41) is 3.52. The van der Waals surface area contributed by atoms with E-state index in [1.54, 1.807) is 29.6 Å². The van der Waals surface area contributed by atoms with Crippen LogP contribution < -0.4 is 0 Å². The summed E-state index contributed by atoms with van der Waals surface area (Å²) in [6, 6.07) is 15.7. The van der Waals surface area contributed by atoms with Gasteiger partial charge in [0.2, 0.25) is 5.78 Å². The molecule has 0 fully saturated rings. The van der Waals surface area contributed by atoms with E-state index in [0.29, 0.717) is 4.88 Å². The highest BCUT2D eigenvalue weighted by atomic mass is 32.2. The average Bonchev–Trinajstić information content (AvgIpc) is 3.19. The summed E-state index contributed by atoms with van der Waals surface area (Å²) in [5.74, 6) is -1.37. The Morgan fingerprint density at radius 2 is 1.73 bits per heavy atom. The molecule has 1 heterocycles. The van der Waals surface area contributed by atoms with Crippen LogP contribution in [0.2, 0.25) is 0 Å². The van der Waals surface area contributed by atoms with Crippen molar-refractivity contribution in [2.45, 2.75) is 11.3 Å². The zero-order chi connectivity index (χ0) is 18.6. The maximum atomic E-state index is 12.4. The molecule has 0 atom stereocenters. The van der Waals surface area contributed by atoms with Crippen LogP contribution in [0.15, 0.2) is 64.9 Å². The minimum atomic E-state index is -3.61. The van der Waals surface area contributed by atoms with E-state index in [2.05, 4.69) is 0 Å². The van der Waals surface area contributed by atoms with Crippen LogP contribution in [0.4, 0.5) is 0 Å². The fraction of sp³-hybridized carbons (Fsp3) is 0.158. The van der Waals surface area contributed by atoms with E-state index < -0.39 is 15.8 Å². The van der Waals surface area contributed by atoms with Crippen LogP contribution >= 0.6 is 11.3 Å². The van der Waals surface area contributed by atoms with Gasteiger partial charge in [0.1, 0.15) is 0 Å². The quantitative estimate of drug-likeness (QED) is 0.457. The first-order valence-corrected chi connectivity index (χ1v) is 10.4. The van der Waals surface area contributed by atoms with Gasteiger partial charge in [-0.2, -0.15) is 0 Å². The third-order valence-corrected chi connectivity index (χ3v) is 6.44. The summed E-state index contributed by atoms with van der Waals surface area (Å²) in [4.78, 5) is 24.2. The lowest BCUT2D eigenvalue weighted by molar-refractivity contribution is -0.142. The maximum Gasteiger partial charge on any atom is 0.307 e. The second-order valence-corrected chi connectivity index (χ2v) is 8.70. The Kier molecular flexibility index (Phi) is 5.49. The number of fused-ring (bicyclic) bond motifs is 1. The molecule has 0 aliphatic heterocycles. The molecule has 2 aromatic carbocycles. The summed E-state index contributed by atoms with van der Waals surface area (Å²) in [5.41, 5.74) is 0. The molecule has 0 N–H and O–H groups in total. The van der Waals surface area contributed by atoms with Gasteiger partial charge in [-0.15, -0.1) is 11.3 Å². The molecule has 1 aromatic heterocycles. The van der Waals surface area contributed by atoms with Crippen molar-refractivity contribution in [3.8, 4) is 0 Å². The largest absolute Gasteiger partial charge is 0.457 e. The summed E-state index contributed by atoms with van der Waals surface area (Å²) in [6.45, 7) is -0.380. The van der Waals surface area contributed by atoms with Gasteiger partial charge in [0.25, 0.3) is 0 Å². The molecule has 0 saturated heterocycles. The topological polar surface area (TPSA) is 77.5 Å². The highest BCUT2D eigenvalue weighted by Crippen LogP contribution is 2.20. The van der Waals surface area contributed by atoms with E-state index in [1.807, 2.05) is 24.3 Å². The number of thiophene rings is 1. The fourth-order valence-electron chi connectivity index (χ4n) is 2.42. The Hall–Kier alpha value is -2.51. The van der Waals surface area contributed by atoms with Gasteiger partial charge < -0.3 is 4.74 Å². The van der Waals surface area contributed by atoms with Crippen LogP contribution in [0, 0.1) is 0 Å². The van der Waals surface area contributed by atoms with Crippen molar-refractivity contribution >= 4 is 43.7 Å². The van der Waals surface area contributed by atoms with Crippen molar-refractivity contribution in [2.24, 2.45) is 0 Å². The SMILES string of the molecule is O=C(CCS(=O)(=O)c1ccc2ccccc2c1)OCC(=O)c1cccs1. The average molecular weight is 388 g/mol. The van der Waals surface area contributed by atoms with Gasteiger partial charge in [-0.1, -0.05) is 36.4 Å². The van der Waals surface area contributed by atoms with Gasteiger partial charge in [-0.05, 0) is 34.4 Å². The third-order valence-electron chi connectivity index (χ3n) is 3.82. The number of hydrogen-bond donors (Lipinski definition) is 0. The van der Waals surface area contributed by atoms with Crippen molar-refractivity contribution in [2.75, 3.05) is 12.4 Å². The second-order valence-electron chi connectivity index (χ2n) is 5.64. The minimum absolute atomic E-state index is 0.165. The molecule has 0 saturated carbocycles. The number of hydrogen-bond acceptors (Lipinski definition) is 6. The number of rotatable bonds is 7. The fourth-order valence-corrected chi connectivity index (χ4v) is 4.33. The standard InChI is InChI=1S/C19H16O5S2/c20-17(18-6-3-10-25-18)13-24-19(21)9-11-26(22,23)16-8-7-14-4-1-2-5-15(14)12-16/h1-8,10,12H,9,11,13H2. The Bertz CT molecular complexity index is 1040. The summed E-state index contributed by atoms with van der Waals surface area (Å²) in [7, 11) is -3.61.